The summed E-state index contributed by atoms with van der Waals surface area (Å²) < 4.78 is 40.1. The number of carbonyl (C=O) groups is 1. The molecule has 6 nitrogen and oxygen atoms in total. The molecule has 5 rings (SSSR count). The Labute approximate surface area is 188 Å². The van der Waals surface area contributed by atoms with E-state index in [-0.39, 0.29) is 23.4 Å². The van der Waals surface area contributed by atoms with Gasteiger partial charge in [-0.3, -0.25) is 4.79 Å². The smallest absolute Gasteiger partial charge is 0.341 e. The van der Waals surface area contributed by atoms with Crippen LogP contribution in [-0.4, -0.2) is 28.2 Å². The zero-order valence-electron chi connectivity index (χ0n) is 18.4. The van der Waals surface area contributed by atoms with Gasteiger partial charge in [-0.2, -0.15) is 0 Å². The molecule has 8 heteroatoms. The number of carboxylic acid groups (broad SMARTS) is 1. The Morgan fingerprint density at radius 1 is 1.18 bits per heavy atom. The van der Waals surface area contributed by atoms with E-state index in [0.29, 0.717) is 34.6 Å². The number of hydrogen-bond donors (Lipinski definition) is 1. The van der Waals surface area contributed by atoms with E-state index in [0.717, 1.165) is 11.1 Å². The molecule has 33 heavy (non-hydrogen) atoms. The van der Waals surface area contributed by atoms with Gasteiger partial charge in [0.05, 0.1) is 18.2 Å². The van der Waals surface area contributed by atoms with Crippen LogP contribution >= 0.6 is 0 Å². The average Bonchev–Trinajstić information content (AvgIpc) is 3.41. The van der Waals surface area contributed by atoms with Crippen LogP contribution in [0.3, 0.4) is 0 Å². The Hall–Kier alpha value is -3.42. The van der Waals surface area contributed by atoms with Crippen molar-refractivity contribution in [1.29, 1.82) is 0 Å². The summed E-state index contributed by atoms with van der Waals surface area (Å²) in [6, 6.07) is 4.71. The van der Waals surface area contributed by atoms with Crippen LogP contribution in [0.4, 0.5) is 8.78 Å². The Morgan fingerprint density at radius 2 is 1.94 bits per heavy atom. The standard InChI is InChI=1S/C25H23F2NO5/c1-25(2,3)21-8-14-15(18-9-19(29)17(24(30)31)10-28(18)21)6-13(12-4-5-32-11-12)22-16(14)7-20(33-22)23(26)27/h4-6,9-11,20-21,23H,7-8H2,1-3H3,(H,30,31)/t20-,21?/m1/s1. The maximum atomic E-state index is 13.6. The second-order valence-corrected chi connectivity index (χ2v) is 9.70. The zero-order valence-corrected chi connectivity index (χ0v) is 18.4. The molecule has 0 bridgehead atoms. The first-order valence-corrected chi connectivity index (χ1v) is 10.7. The third-order valence-corrected chi connectivity index (χ3v) is 6.60. The van der Waals surface area contributed by atoms with Gasteiger partial charge in [-0.1, -0.05) is 20.8 Å². The maximum absolute atomic E-state index is 13.6. The monoisotopic (exact) mass is 455 g/mol. The highest BCUT2D eigenvalue weighted by Gasteiger charge is 2.40. The number of fused-ring (bicyclic) bond motifs is 5. The lowest BCUT2D eigenvalue weighted by Gasteiger charge is -2.39. The van der Waals surface area contributed by atoms with Crippen molar-refractivity contribution < 1.29 is 27.8 Å². The SMILES string of the molecule is CC(C)(C)C1Cc2c(cc(-c3ccoc3)c3c2C[C@H](C(F)F)O3)-c2cc(=O)c(C(=O)O)cn21. The third kappa shape index (κ3) is 3.35. The Balaban J connectivity index is 1.82. The largest absolute Gasteiger partial charge is 0.483 e. The van der Waals surface area contributed by atoms with Gasteiger partial charge in [-0.25, -0.2) is 13.6 Å². The van der Waals surface area contributed by atoms with Crippen molar-refractivity contribution in [2.24, 2.45) is 5.41 Å². The summed E-state index contributed by atoms with van der Waals surface area (Å²) in [5, 5.41) is 9.52. The van der Waals surface area contributed by atoms with Gasteiger partial charge in [0.25, 0.3) is 6.43 Å². The Morgan fingerprint density at radius 3 is 2.55 bits per heavy atom. The molecule has 0 spiro atoms. The number of furan rings is 1. The van der Waals surface area contributed by atoms with Gasteiger partial charge in [-0.15, -0.1) is 0 Å². The highest BCUT2D eigenvalue weighted by molar-refractivity contribution is 5.88. The molecule has 0 fully saturated rings. The molecular formula is C25H23F2NO5. The summed E-state index contributed by atoms with van der Waals surface area (Å²) in [5.41, 5.74) is 2.96. The Bertz CT molecular complexity index is 1320. The molecule has 0 saturated carbocycles. The summed E-state index contributed by atoms with van der Waals surface area (Å²) in [6.45, 7) is 6.09. The first-order valence-electron chi connectivity index (χ1n) is 10.7. The number of halogens is 2. The van der Waals surface area contributed by atoms with Crippen molar-refractivity contribution in [3.8, 4) is 28.1 Å². The highest BCUT2D eigenvalue weighted by Crippen LogP contribution is 2.50. The molecule has 172 valence electrons. The number of hydrogen-bond acceptors (Lipinski definition) is 4. The molecule has 2 aliphatic rings. The molecule has 2 aromatic heterocycles. The predicted molar refractivity (Wildman–Crippen MR) is 117 cm³/mol. The molecule has 0 saturated heterocycles. The van der Waals surface area contributed by atoms with E-state index >= 15 is 0 Å². The lowest BCUT2D eigenvalue weighted by atomic mass is 9.76. The van der Waals surface area contributed by atoms with E-state index in [2.05, 4.69) is 0 Å². The molecule has 4 heterocycles. The fourth-order valence-corrected chi connectivity index (χ4v) is 4.94. The summed E-state index contributed by atoms with van der Waals surface area (Å²) in [7, 11) is 0. The normalized spacial score (nSPS) is 19.1. The molecule has 3 aromatic rings. The van der Waals surface area contributed by atoms with E-state index in [1.54, 1.807) is 6.07 Å². The summed E-state index contributed by atoms with van der Waals surface area (Å²) in [6.07, 6.45) is 1.10. The van der Waals surface area contributed by atoms with Gasteiger partial charge < -0.3 is 18.8 Å². The van der Waals surface area contributed by atoms with Gasteiger partial charge in [0, 0.05) is 47.0 Å². The van der Waals surface area contributed by atoms with Crippen LogP contribution in [0, 0.1) is 5.41 Å². The van der Waals surface area contributed by atoms with E-state index in [1.165, 1.54) is 24.8 Å². The number of nitrogens with zero attached hydrogens (tertiary/aromatic N) is 1. The van der Waals surface area contributed by atoms with Crippen LogP contribution in [0.1, 0.15) is 48.3 Å². The lowest BCUT2D eigenvalue weighted by Crippen LogP contribution is -2.33. The number of alkyl halides is 2. The molecule has 1 unspecified atom stereocenters. The molecule has 2 aliphatic heterocycles. The number of rotatable bonds is 3. The number of benzene rings is 1. The fourth-order valence-electron chi connectivity index (χ4n) is 4.94. The van der Waals surface area contributed by atoms with Gasteiger partial charge in [0.2, 0.25) is 0 Å². The summed E-state index contributed by atoms with van der Waals surface area (Å²) in [5.74, 6) is -0.860. The van der Waals surface area contributed by atoms with Crippen LogP contribution in [0.15, 0.2) is 46.1 Å². The number of aromatic carboxylic acids is 1. The van der Waals surface area contributed by atoms with Crippen molar-refractivity contribution in [1.82, 2.24) is 4.57 Å². The maximum Gasteiger partial charge on any atom is 0.341 e. The van der Waals surface area contributed by atoms with E-state index in [9.17, 15) is 23.5 Å². The number of pyridine rings is 1. The topological polar surface area (TPSA) is 81.7 Å². The second kappa shape index (κ2) is 7.30. The van der Waals surface area contributed by atoms with Gasteiger partial charge in [0.1, 0.15) is 11.3 Å². The van der Waals surface area contributed by atoms with Crippen LogP contribution in [0.5, 0.6) is 5.75 Å². The lowest BCUT2D eigenvalue weighted by molar-refractivity contribution is 0.0248. The van der Waals surface area contributed by atoms with Gasteiger partial charge >= 0.3 is 5.97 Å². The minimum absolute atomic E-state index is 0.0648. The van der Waals surface area contributed by atoms with E-state index in [4.69, 9.17) is 9.15 Å². The van der Waals surface area contributed by atoms with E-state index < -0.39 is 23.9 Å². The van der Waals surface area contributed by atoms with Crippen molar-refractivity contribution in [3.05, 3.63) is 63.8 Å². The zero-order chi connectivity index (χ0) is 23.7. The fraction of sp³-hybridized carbons (Fsp3) is 0.360. The van der Waals surface area contributed by atoms with Crippen LogP contribution < -0.4 is 10.2 Å². The van der Waals surface area contributed by atoms with E-state index in [1.807, 2.05) is 31.4 Å². The molecule has 0 aliphatic carbocycles. The van der Waals surface area contributed by atoms with Crippen molar-refractivity contribution in [2.75, 3.05) is 0 Å². The first kappa shape index (κ1) is 21.4. The molecule has 1 N–H and O–H groups in total. The first-order chi connectivity index (χ1) is 15.6. The highest BCUT2D eigenvalue weighted by atomic mass is 19.3. The van der Waals surface area contributed by atoms with Crippen molar-refractivity contribution in [3.63, 3.8) is 0 Å². The number of carboxylic acids is 1. The molecule has 1 aromatic carbocycles. The number of aromatic nitrogens is 1. The minimum Gasteiger partial charge on any atom is -0.483 e. The van der Waals surface area contributed by atoms with Crippen molar-refractivity contribution in [2.45, 2.75) is 52.2 Å². The molecule has 0 radical (unpaired) electrons. The minimum atomic E-state index is -2.64. The third-order valence-electron chi connectivity index (χ3n) is 6.60. The summed E-state index contributed by atoms with van der Waals surface area (Å²) >= 11 is 0. The molecular weight excluding hydrogens is 432 g/mol. The van der Waals surface area contributed by atoms with Crippen LogP contribution in [0.25, 0.3) is 22.4 Å². The number of ether oxygens (including phenoxy) is 1. The molecule has 2 atom stereocenters. The van der Waals surface area contributed by atoms with Crippen LogP contribution in [-0.2, 0) is 12.8 Å². The molecule has 0 amide bonds. The van der Waals surface area contributed by atoms with Gasteiger partial charge in [0.15, 0.2) is 11.5 Å². The second-order valence-electron chi connectivity index (χ2n) is 9.70. The predicted octanol–water partition coefficient (Wildman–Crippen LogP) is 5.19. The van der Waals surface area contributed by atoms with Crippen LogP contribution in [0.2, 0.25) is 0 Å². The summed E-state index contributed by atoms with van der Waals surface area (Å²) in [4.78, 5) is 24.3. The van der Waals surface area contributed by atoms with Gasteiger partial charge in [-0.05, 0) is 29.5 Å². The average molecular weight is 455 g/mol. The quantitative estimate of drug-likeness (QED) is 0.588. The van der Waals surface area contributed by atoms with Crippen molar-refractivity contribution >= 4 is 5.97 Å². The Kier molecular flexibility index (Phi) is 4.74.